The molecule has 0 saturated heterocycles. The van der Waals surface area contributed by atoms with E-state index in [4.69, 9.17) is 0 Å². The Morgan fingerprint density at radius 3 is 0.733 bits per heavy atom. The largest absolute Gasteiger partial charge is 2.00 e. The Hall–Kier alpha value is 1.21. The minimum atomic E-state index is 0. The van der Waals surface area contributed by atoms with E-state index >= 15 is 0 Å². The number of hydrogen-bond acceptors (Lipinski definition) is 0. The van der Waals surface area contributed by atoms with Crippen LogP contribution in [0.5, 0.6) is 0 Å². The van der Waals surface area contributed by atoms with Gasteiger partial charge in [0.25, 0.3) is 0 Å². The Morgan fingerprint density at radius 2 is 0.733 bits per heavy atom. The van der Waals surface area contributed by atoms with Crippen molar-refractivity contribution in [2.24, 2.45) is 0 Å². The molecular weight excluding hydrogens is 187 g/mol. The average molecular weight is 207 g/mol. The molecule has 0 aliphatic carbocycles. The maximum atomic E-state index is 4.28. The van der Waals surface area contributed by atoms with Crippen molar-refractivity contribution < 1.29 is 0 Å². The van der Waals surface area contributed by atoms with Crippen molar-refractivity contribution in [2.45, 2.75) is 27.3 Å². The maximum absolute atomic E-state index is 4.28. The molecule has 0 rings (SSSR count). The zero-order chi connectivity index (χ0) is 11.7. The molecule has 15 heavy (non-hydrogen) atoms. The van der Waals surface area contributed by atoms with Gasteiger partial charge in [-0.3, -0.25) is 0 Å². The summed E-state index contributed by atoms with van der Waals surface area (Å²) in [6.45, 7) is 10.4. The Kier molecular flexibility index (Phi) is 19.0. The summed E-state index contributed by atoms with van der Waals surface area (Å²) in [5.41, 5.74) is 0. The van der Waals surface area contributed by atoms with E-state index < -0.39 is 0 Å². The molecule has 0 bridgehead atoms. The Labute approximate surface area is 118 Å². The molecule has 0 atom stereocenters. The molecule has 0 radical (unpaired) electrons. The molecule has 0 unspecified atom stereocenters. The van der Waals surface area contributed by atoms with Crippen LogP contribution in [0.15, 0.2) is 0 Å². The zero-order valence-electron chi connectivity index (χ0n) is 11.9. The molecule has 0 N–H and O–H groups in total. The van der Waals surface area contributed by atoms with E-state index in [0.717, 1.165) is 0 Å². The van der Waals surface area contributed by atoms with Gasteiger partial charge in [-0.15, -0.1) is 27.3 Å². The van der Waals surface area contributed by atoms with Gasteiger partial charge in [-0.2, -0.15) is 0 Å². The smallest absolute Gasteiger partial charge is 0.722 e. The second-order valence-corrected chi connectivity index (χ2v) is 4.67. The van der Waals surface area contributed by atoms with Crippen molar-refractivity contribution in [3.8, 4) is 0 Å². The molecule has 0 aliphatic heterocycles. The van der Waals surface area contributed by atoms with Crippen LogP contribution in [0.25, 0.3) is 10.3 Å². The van der Waals surface area contributed by atoms with Crippen LogP contribution in [-0.2, 0) is 0 Å². The van der Waals surface area contributed by atoms with Crippen molar-refractivity contribution in [2.75, 3.05) is 0 Å². The minimum Gasteiger partial charge on any atom is -0.722 e. The van der Waals surface area contributed by atoms with Crippen LogP contribution in [0.3, 0.4) is 0 Å². The van der Waals surface area contributed by atoms with E-state index in [-0.39, 0.29) is 23.1 Å². The Balaban J connectivity index is -0.000000180. The fourth-order valence-electron chi connectivity index (χ4n) is 1.19. The summed E-state index contributed by atoms with van der Waals surface area (Å²) in [4.78, 5) is 0. The van der Waals surface area contributed by atoms with Crippen LogP contribution in [0.4, 0.5) is 0 Å². The predicted molar refractivity (Wildman–Crippen MR) is 93.1 cm³/mol. The predicted octanol–water partition coefficient (Wildman–Crippen LogP) is -2.66. The van der Waals surface area contributed by atoms with Crippen LogP contribution in [0, 0.1) is 0 Å². The molecule has 2 nitrogen and oxygen atoms in total. The van der Waals surface area contributed by atoms with E-state index in [1.54, 1.807) is 0 Å². The number of rotatable bonds is 4. The van der Waals surface area contributed by atoms with E-state index in [1.165, 1.54) is 0 Å². The second kappa shape index (κ2) is 13.3. The van der Waals surface area contributed by atoms with Crippen molar-refractivity contribution >= 4 is 81.0 Å². The fraction of sp³-hybridized carbons (Fsp3) is 1.00. The molecule has 0 aromatic rings. The third-order valence-corrected chi connectivity index (χ3v) is 1.19. The van der Waals surface area contributed by atoms with Crippen LogP contribution < -0.4 is 0 Å². The van der Waals surface area contributed by atoms with E-state index in [9.17, 15) is 0 Å². The summed E-state index contributed by atoms with van der Waals surface area (Å²) >= 11 is 0. The molecule has 11 heteroatoms. The van der Waals surface area contributed by atoms with Gasteiger partial charge in [0.05, 0.1) is 0 Å². The Bertz CT molecular complexity index is 97.2. The van der Waals surface area contributed by atoms with E-state index in [2.05, 4.69) is 68.5 Å². The summed E-state index contributed by atoms with van der Waals surface area (Å²) < 4.78 is 0. The van der Waals surface area contributed by atoms with Crippen LogP contribution in [0.1, 0.15) is 0 Å². The Morgan fingerprint density at radius 1 is 0.600 bits per heavy atom. The number of hydrogen-bond donors (Lipinski definition) is 0. The van der Waals surface area contributed by atoms with Gasteiger partial charge in [-0.1, -0.05) is 0 Å². The topological polar surface area (TPSA) is 28.2 Å². The summed E-state index contributed by atoms with van der Waals surface area (Å²) in [7, 11) is 8.39. The van der Waals surface area contributed by atoms with Gasteiger partial charge in [-0.25, -0.2) is 0 Å². The molecule has 0 aromatic carbocycles. The first kappa shape index (κ1) is 21.5. The third kappa shape index (κ3) is 31.3. The summed E-state index contributed by atoms with van der Waals surface area (Å²) in [6, 6.07) is 0. The van der Waals surface area contributed by atoms with Gasteiger partial charge < -0.3 is 10.3 Å². The average Bonchev–Trinajstić information content (AvgIpc) is 1.79. The van der Waals surface area contributed by atoms with E-state index in [0.29, 0.717) is 27.0 Å². The first-order valence-corrected chi connectivity index (χ1v) is 5.65. The summed E-state index contributed by atoms with van der Waals surface area (Å²) in [5.74, 6) is 0. The molecule has 0 amide bonds. The third-order valence-electron chi connectivity index (χ3n) is 1.19. The van der Waals surface area contributed by atoms with Gasteiger partial charge in [0.15, 0.2) is 0 Å². The molecule has 0 saturated carbocycles. The van der Waals surface area contributed by atoms with Crippen molar-refractivity contribution in [3.63, 3.8) is 0 Å². The zero-order valence-corrected chi connectivity index (χ0v) is 13.3. The van der Waals surface area contributed by atoms with Crippen LogP contribution >= 0.6 is 0 Å². The summed E-state index contributed by atoms with van der Waals surface area (Å²) in [5, 5.41) is 8.56. The molecule has 0 fully saturated rings. The van der Waals surface area contributed by atoms with Gasteiger partial charge in [0.2, 0.25) is 0 Å². The molecule has 0 aromatic heterocycles. The SMILES string of the molecule is BB(C)[N-]B(B)C.BB(C)[N-]B(B)C.[Mg+2]. The van der Waals surface area contributed by atoms with Crippen molar-refractivity contribution in [1.82, 2.24) is 0 Å². The molecule has 72 valence electrons. The summed E-state index contributed by atoms with van der Waals surface area (Å²) in [6.07, 6.45) is 0. The molecule has 0 spiro atoms. The first-order chi connectivity index (χ1) is 6.25. The normalized spacial score (nSPS) is 7.73. The van der Waals surface area contributed by atoms with Gasteiger partial charge >= 0.3 is 23.1 Å². The van der Waals surface area contributed by atoms with Gasteiger partial charge in [0, 0.05) is 30.9 Å². The van der Waals surface area contributed by atoms with Crippen LogP contribution in [-0.4, -0.2) is 81.0 Å². The van der Waals surface area contributed by atoms with E-state index in [1.807, 2.05) is 0 Å². The second-order valence-electron chi connectivity index (χ2n) is 4.67. The quantitative estimate of drug-likeness (QED) is 0.450. The molecular formula is C4H20B8MgN2. The fourth-order valence-corrected chi connectivity index (χ4v) is 1.19. The van der Waals surface area contributed by atoms with Crippen LogP contribution in [0.2, 0.25) is 27.3 Å². The molecule has 0 heterocycles. The maximum Gasteiger partial charge on any atom is 2.00 e. The first-order valence-electron chi connectivity index (χ1n) is 5.65. The molecule has 0 aliphatic rings. The number of nitrogens with zero attached hydrogens (tertiary/aromatic N) is 2. The van der Waals surface area contributed by atoms with Crippen molar-refractivity contribution in [3.05, 3.63) is 10.3 Å². The minimum absolute atomic E-state index is 0. The van der Waals surface area contributed by atoms with Crippen molar-refractivity contribution in [1.29, 1.82) is 0 Å². The van der Waals surface area contributed by atoms with Gasteiger partial charge in [0.1, 0.15) is 0 Å². The standard InChI is InChI=1S/2C2H10B4N.Mg/c2*1-5(3)7-6(2)4;/h2*3-4H2,1-2H3;/q2*-1;+2. The monoisotopic (exact) mass is 208 g/mol. The van der Waals surface area contributed by atoms with Gasteiger partial charge in [-0.05, 0) is 27.0 Å².